The van der Waals surface area contributed by atoms with Crippen molar-refractivity contribution in [1.82, 2.24) is 0 Å². The van der Waals surface area contributed by atoms with E-state index in [1.165, 1.54) is 0 Å². The van der Waals surface area contributed by atoms with Crippen LogP contribution in [0.3, 0.4) is 0 Å². The van der Waals surface area contributed by atoms with E-state index in [-0.39, 0.29) is 117 Å². The first kappa shape index (κ1) is 33.4. The zero-order valence-electron chi connectivity index (χ0n) is 11.7. The monoisotopic (exact) mass is 1030 g/mol. The van der Waals surface area contributed by atoms with Crippen LogP contribution in [-0.4, -0.2) is 20.0 Å². The van der Waals surface area contributed by atoms with Crippen molar-refractivity contribution in [2.24, 2.45) is 0 Å². The van der Waals surface area contributed by atoms with E-state index in [2.05, 4.69) is 31.9 Å². The first-order chi connectivity index (χ1) is 7.50. The predicted octanol–water partition coefficient (Wildman–Crippen LogP) is 4.24. The van der Waals surface area contributed by atoms with Crippen LogP contribution < -0.4 is 0 Å². The van der Waals surface area contributed by atoms with Gasteiger partial charge in [-0.2, -0.15) is 0 Å². The summed E-state index contributed by atoms with van der Waals surface area (Å²) in [7, 11) is 0. The van der Waals surface area contributed by atoms with Gasteiger partial charge < -0.3 is 38.1 Å². The second-order valence-corrected chi connectivity index (χ2v) is 2.41. The number of hydrogen-bond acceptors (Lipinski definition) is 0. The van der Waals surface area contributed by atoms with Gasteiger partial charge in [0.1, 0.15) is 0 Å². The van der Waals surface area contributed by atoms with Crippen molar-refractivity contribution in [3.8, 4) is 0 Å². The molecule has 3 radical (unpaired) electrons. The van der Waals surface area contributed by atoms with Gasteiger partial charge in [0.2, 0.25) is 0 Å². The molecule has 0 amide bonds. The average Bonchev–Trinajstić information content (AvgIpc) is 3.09. The van der Waals surface area contributed by atoms with Gasteiger partial charge in [-0.25, -0.2) is 57.2 Å². The minimum atomic E-state index is 0. The van der Waals surface area contributed by atoms with Crippen molar-refractivity contribution in [1.29, 1.82) is 0 Å². The van der Waals surface area contributed by atoms with Crippen LogP contribution >= 0.6 is 0 Å². The van der Waals surface area contributed by atoms with Gasteiger partial charge in [-0.15, -0.1) is 0 Å². The molecule has 20 heavy (non-hydrogen) atoms. The summed E-state index contributed by atoms with van der Waals surface area (Å²) in [6.45, 7) is 1.92. The fourth-order valence-corrected chi connectivity index (χ4v) is 0.707. The molecule has 0 bridgehead atoms. The standard InChI is InChI=1S/3C3H4N2.4Hg.H2N/c3*1-2-5-3-4-1;;;;;/h3*1-2H,3H2;;;;;1H2/q3*-2;3*+1;+2;-1. The Kier molecular flexibility index (Phi) is 48.1. The molecule has 0 aromatic rings. The Labute approximate surface area is 203 Å². The zero-order valence-corrected chi connectivity index (χ0v) is 33.7. The Hall–Kier alpha value is 1.72. The maximum Gasteiger partial charge on any atom is 2.00 e. The Bertz CT molecular complexity index is 182. The molecule has 11 heteroatoms. The first-order valence-corrected chi connectivity index (χ1v) is 4.45. The van der Waals surface area contributed by atoms with Crippen molar-refractivity contribution in [3.63, 3.8) is 0 Å². The quantitative estimate of drug-likeness (QED) is 0.324. The SMILES string of the molecule is C1=C[N-]C[N-]1.C1=C[N-]C[N-]1.C1=C[N-]C[N-]1.[Hg+2].[Hg+].[Hg+].[Hg+].[NH2-]. The van der Waals surface area contributed by atoms with Gasteiger partial charge in [0, 0.05) is 0 Å². The Morgan fingerprint density at radius 2 is 0.600 bits per heavy atom. The van der Waals surface area contributed by atoms with Crippen LogP contribution in [0.4, 0.5) is 0 Å². The maximum absolute atomic E-state index is 3.74. The third kappa shape index (κ3) is 24.7. The van der Waals surface area contributed by atoms with Crippen LogP contribution in [0.25, 0.3) is 38.1 Å². The Balaban J connectivity index is -0.0000000500. The normalized spacial score (nSPS) is 13.2. The van der Waals surface area contributed by atoms with Gasteiger partial charge in [-0.05, 0) is 0 Å². The maximum atomic E-state index is 3.74. The van der Waals surface area contributed by atoms with Crippen molar-refractivity contribution in [2.75, 3.05) is 20.0 Å². The van der Waals surface area contributed by atoms with Gasteiger partial charge in [-0.1, -0.05) is 0 Å². The first-order valence-electron chi connectivity index (χ1n) is 4.45. The summed E-state index contributed by atoms with van der Waals surface area (Å²) in [4.78, 5) is 0. The fraction of sp³-hybridized carbons (Fsp3) is 0.333. The van der Waals surface area contributed by atoms with E-state index in [0.29, 0.717) is 20.0 Å². The largest absolute Gasteiger partial charge is 2.00 e. The van der Waals surface area contributed by atoms with Gasteiger partial charge >= 0.3 is 111 Å². The average molecular weight is 1020 g/mol. The summed E-state index contributed by atoms with van der Waals surface area (Å²) in [6, 6.07) is 0. The molecule has 2 N–H and O–H groups in total. The molecule has 0 saturated heterocycles. The molecule has 0 aliphatic carbocycles. The van der Waals surface area contributed by atoms with Crippen LogP contribution in [0.15, 0.2) is 37.2 Å². The molecule has 3 aliphatic heterocycles. The minimum absolute atomic E-state index is 0. The van der Waals surface area contributed by atoms with Gasteiger partial charge in [0.25, 0.3) is 0 Å². The molecule has 3 heterocycles. The van der Waals surface area contributed by atoms with Crippen LogP contribution in [-0.2, 0) is 111 Å². The summed E-state index contributed by atoms with van der Waals surface area (Å²) in [5.41, 5.74) is 0. The second-order valence-electron chi connectivity index (χ2n) is 2.41. The second kappa shape index (κ2) is 28.8. The van der Waals surface area contributed by atoms with Crippen molar-refractivity contribution in [3.05, 3.63) is 75.3 Å². The summed E-state index contributed by atoms with van der Waals surface area (Å²) in [5, 5.41) is 22.4. The van der Waals surface area contributed by atoms with E-state index in [1.54, 1.807) is 37.2 Å². The van der Waals surface area contributed by atoms with Crippen molar-refractivity contribution < 1.29 is 111 Å². The summed E-state index contributed by atoms with van der Waals surface area (Å²) >= 11 is 0. The molecule has 0 fully saturated rings. The topological polar surface area (TPSA) is 118 Å². The molecular weight excluding hydrogens is 1010 g/mol. The molecule has 0 atom stereocenters. The Morgan fingerprint density at radius 1 is 0.450 bits per heavy atom. The molecule has 7 nitrogen and oxygen atoms in total. The van der Waals surface area contributed by atoms with Crippen LogP contribution in [0, 0.1) is 0 Å². The summed E-state index contributed by atoms with van der Waals surface area (Å²) in [6.07, 6.45) is 10.2. The van der Waals surface area contributed by atoms with Gasteiger partial charge in [0.05, 0.1) is 0 Å². The number of nitrogens with two attached hydrogens (primary N) is 1. The van der Waals surface area contributed by atoms with Gasteiger partial charge in [-0.3, -0.25) is 0 Å². The number of nitrogens with zero attached hydrogens (tertiary/aromatic N) is 6. The molecule has 0 aromatic heterocycles. The molecule has 95 valence electrons. The van der Waals surface area contributed by atoms with Crippen LogP contribution in [0.1, 0.15) is 0 Å². The van der Waals surface area contributed by atoms with Crippen LogP contribution in [0.2, 0.25) is 0 Å². The van der Waals surface area contributed by atoms with Crippen molar-refractivity contribution >= 4 is 0 Å². The third-order valence-electron chi connectivity index (χ3n) is 1.32. The molecule has 0 aromatic carbocycles. The van der Waals surface area contributed by atoms with E-state index in [4.69, 9.17) is 0 Å². The number of hydrogen-bond donors (Lipinski definition) is 0. The molecular formula is C9H14Hg4N7-2. The fourth-order valence-electron chi connectivity index (χ4n) is 0.707. The van der Waals surface area contributed by atoms with Gasteiger partial charge in [0.15, 0.2) is 0 Å². The van der Waals surface area contributed by atoms with E-state index in [1.807, 2.05) is 0 Å². The van der Waals surface area contributed by atoms with E-state index >= 15 is 0 Å². The van der Waals surface area contributed by atoms with E-state index in [9.17, 15) is 0 Å². The minimum Gasteiger partial charge on any atom is -0.707 e. The molecule has 0 unspecified atom stereocenters. The molecule has 3 rings (SSSR count). The molecule has 0 spiro atoms. The Morgan fingerprint density at radius 3 is 0.650 bits per heavy atom. The predicted molar refractivity (Wildman–Crippen MR) is 67.5 cm³/mol. The molecule has 0 saturated carbocycles. The molecule has 3 aliphatic rings. The third-order valence-corrected chi connectivity index (χ3v) is 1.32. The number of rotatable bonds is 0. The van der Waals surface area contributed by atoms with Crippen molar-refractivity contribution in [2.45, 2.75) is 0 Å². The van der Waals surface area contributed by atoms with E-state index in [0.717, 1.165) is 0 Å². The van der Waals surface area contributed by atoms with E-state index < -0.39 is 0 Å². The summed E-state index contributed by atoms with van der Waals surface area (Å²) < 4.78 is 0. The smallest absolute Gasteiger partial charge is 0.707 e. The van der Waals surface area contributed by atoms with Crippen LogP contribution in [0.5, 0.6) is 0 Å². The zero-order chi connectivity index (χ0) is 10.6. The summed E-state index contributed by atoms with van der Waals surface area (Å²) in [5.74, 6) is 0.